The molecule has 0 heterocycles. The number of hydrogen-bond acceptors (Lipinski definition) is 6. The number of ether oxygens (including phenoxy) is 4. The lowest BCUT2D eigenvalue weighted by Gasteiger charge is -2.19. The number of nitrogens with one attached hydrogen (secondary N) is 1. The van der Waals surface area contributed by atoms with E-state index in [4.69, 9.17) is 18.9 Å². The van der Waals surface area contributed by atoms with Crippen molar-refractivity contribution in [1.82, 2.24) is 5.32 Å². The van der Waals surface area contributed by atoms with Gasteiger partial charge in [-0.2, -0.15) is 0 Å². The number of methoxy groups -OCH3 is 4. The Bertz CT molecular complexity index is 1050. The zero-order chi connectivity index (χ0) is 22.0. The van der Waals surface area contributed by atoms with E-state index < -0.39 is 0 Å². The highest BCUT2D eigenvalue weighted by atomic mass is 16.5. The summed E-state index contributed by atoms with van der Waals surface area (Å²) in [5.74, 6) is 1.66. The van der Waals surface area contributed by atoms with Crippen molar-refractivity contribution in [3.05, 3.63) is 45.1 Å². The lowest BCUT2D eigenvalue weighted by atomic mass is 9.95. The summed E-state index contributed by atoms with van der Waals surface area (Å²) in [4.78, 5) is 24.8. The van der Waals surface area contributed by atoms with E-state index in [1.165, 1.54) is 14.0 Å². The van der Waals surface area contributed by atoms with Gasteiger partial charge in [-0.15, -0.1) is 0 Å². The largest absolute Gasteiger partial charge is 0.493 e. The third kappa shape index (κ3) is 3.67. The molecule has 1 atom stereocenters. The maximum absolute atomic E-state index is 12.9. The second kappa shape index (κ2) is 8.65. The van der Waals surface area contributed by atoms with Gasteiger partial charge in [-0.25, -0.2) is 0 Å². The number of aryl methyl sites for hydroxylation is 2. The van der Waals surface area contributed by atoms with Crippen LogP contribution in [0, 0.1) is 6.92 Å². The average Bonchev–Trinajstić information content (AvgIpc) is 2.92. The summed E-state index contributed by atoms with van der Waals surface area (Å²) in [5.41, 5.74) is 3.75. The van der Waals surface area contributed by atoms with Crippen LogP contribution in [0.15, 0.2) is 23.0 Å². The van der Waals surface area contributed by atoms with Crippen LogP contribution in [0.25, 0.3) is 11.1 Å². The van der Waals surface area contributed by atoms with Gasteiger partial charge >= 0.3 is 0 Å². The molecule has 0 radical (unpaired) electrons. The highest BCUT2D eigenvalue weighted by Crippen LogP contribution is 2.50. The van der Waals surface area contributed by atoms with Crippen LogP contribution in [0.4, 0.5) is 0 Å². The molecule has 1 aliphatic carbocycles. The van der Waals surface area contributed by atoms with Gasteiger partial charge in [-0.05, 0) is 60.2 Å². The molecule has 0 aromatic heterocycles. The first-order valence-corrected chi connectivity index (χ1v) is 9.68. The van der Waals surface area contributed by atoms with Crippen molar-refractivity contribution in [3.63, 3.8) is 0 Å². The van der Waals surface area contributed by atoms with Crippen LogP contribution in [0.2, 0.25) is 0 Å². The predicted molar refractivity (Wildman–Crippen MR) is 114 cm³/mol. The molecule has 0 unspecified atom stereocenters. The molecule has 3 rings (SSSR count). The minimum Gasteiger partial charge on any atom is -0.493 e. The number of rotatable bonds is 5. The van der Waals surface area contributed by atoms with Crippen molar-refractivity contribution in [2.45, 2.75) is 32.7 Å². The number of benzene rings is 1. The number of fused-ring (bicyclic) bond motifs is 3. The molecule has 2 aromatic rings. The maximum Gasteiger partial charge on any atom is 0.220 e. The molecule has 7 nitrogen and oxygen atoms in total. The van der Waals surface area contributed by atoms with E-state index in [0.29, 0.717) is 41.2 Å². The van der Waals surface area contributed by atoms with Crippen molar-refractivity contribution in [2.24, 2.45) is 0 Å². The van der Waals surface area contributed by atoms with Crippen LogP contribution in [0.3, 0.4) is 0 Å². The minimum absolute atomic E-state index is 0.165. The van der Waals surface area contributed by atoms with Gasteiger partial charge in [-0.1, -0.05) is 0 Å². The van der Waals surface area contributed by atoms with E-state index in [9.17, 15) is 9.59 Å². The number of amides is 1. The molecule has 0 saturated carbocycles. The van der Waals surface area contributed by atoms with E-state index in [1.807, 2.05) is 19.1 Å². The summed E-state index contributed by atoms with van der Waals surface area (Å²) < 4.78 is 22.2. The second-order valence-electron chi connectivity index (χ2n) is 7.21. The summed E-state index contributed by atoms with van der Waals surface area (Å²) in [6, 6.07) is 5.04. The van der Waals surface area contributed by atoms with E-state index in [-0.39, 0.29) is 23.1 Å². The molecule has 0 spiro atoms. The summed E-state index contributed by atoms with van der Waals surface area (Å²) in [7, 11) is 6.18. The third-order valence-electron chi connectivity index (χ3n) is 5.38. The van der Waals surface area contributed by atoms with Crippen molar-refractivity contribution >= 4 is 5.91 Å². The molecule has 2 aromatic carbocycles. The molecule has 1 aliphatic rings. The van der Waals surface area contributed by atoms with Crippen LogP contribution in [0.5, 0.6) is 23.0 Å². The SMILES string of the molecule is COc1cc2c(c(OC)c1OC)-c1cc(C)c(OC)c(=O)cc1[C@@H](NC(C)=O)CC2. The molecule has 0 fully saturated rings. The Balaban J connectivity index is 2.47. The van der Waals surface area contributed by atoms with E-state index in [0.717, 1.165) is 16.7 Å². The van der Waals surface area contributed by atoms with Crippen LogP contribution in [-0.2, 0) is 11.2 Å². The minimum atomic E-state index is -0.337. The van der Waals surface area contributed by atoms with Crippen LogP contribution >= 0.6 is 0 Å². The quantitative estimate of drug-likeness (QED) is 0.811. The number of carbonyl (C=O) groups excluding carboxylic acids is 1. The number of hydrogen-bond donors (Lipinski definition) is 1. The van der Waals surface area contributed by atoms with Gasteiger partial charge in [-0.3, -0.25) is 9.59 Å². The van der Waals surface area contributed by atoms with Crippen molar-refractivity contribution in [2.75, 3.05) is 28.4 Å². The van der Waals surface area contributed by atoms with Gasteiger partial charge in [0.15, 0.2) is 17.2 Å². The Morgan fingerprint density at radius 2 is 1.63 bits per heavy atom. The van der Waals surface area contributed by atoms with Gasteiger partial charge in [0.25, 0.3) is 0 Å². The Labute approximate surface area is 175 Å². The molecule has 7 heteroatoms. The standard InChI is InChI=1S/C23H27NO6/c1-12-9-16-15(11-18(26)21(12)28-4)17(24-13(2)25)8-7-14-10-19(27-3)22(29-5)23(30-6)20(14)16/h9-11,17H,7-8H2,1-6H3,(H,24,25)/t17-/m0/s1. The lowest BCUT2D eigenvalue weighted by molar-refractivity contribution is -0.119. The molecule has 30 heavy (non-hydrogen) atoms. The monoisotopic (exact) mass is 413 g/mol. The molecule has 0 aliphatic heterocycles. The van der Waals surface area contributed by atoms with E-state index in [1.54, 1.807) is 27.4 Å². The van der Waals surface area contributed by atoms with Gasteiger partial charge < -0.3 is 24.3 Å². The summed E-state index contributed by atoms with van der Waals surface area (Å²) in [6.07, 6.45) is 1.27. The van der Waals surface area contributed by atoms with Crippen molar-refractivity contribution < 1.29 is 23.7 Å². The molecule has 0 bridgehead atoms. The first-order valence-electron chi connectivity index (χ1n) is 9.68. The molecule has 0 saturated heterocycles. The first kappa shape index (κ1) is 21.5. The average molecular weight is 413 g/mol. The first-order chi connectivity index (χ1) is 14.4. The van der Waals surface area contributed by atoms with E-state index in [2.05, 4.69) is 5.32 Å². The topological polar surface area (TPSA) is 83.1 Å². The lowest BCUT2D eigenvalue weighted by Crippen LogP contribution is -2.26. The fourth-order valence-corrected chi connectivity index (χ4v) is 4.16. The third-order valence-corrected chi connectivity index (χ3v) is 5.38. The van der Waals surface area contributed by atoms with Gasteiger partial charge in [0.05, 0.1) is 34.5 Å². The highest BCUT2D eigenvalue weighted by molar-refractivity contribution is 5.83. The fraction of sp³-hybridized carbons (Fsp3) is 0.391. The summed E-state index contributed by atoms with van der Waals surface area (Å²) in [6.45, 7) is 3.29. The second-order valence-corrected chi connectivity index (χ2v) is 7.21. The summed E-state index contributed by atoms with van der Waals surface area (Å²) in [5, 5.41) is 2.98. The van der Waals surface area contributed by atoms with Gasteiger partial charge in [0.1, 0.15) is 0 Å². The normalized spacial score (nSPS) is 14.7. The Morgan fingerprint density at radius 3 is 2.20 bits per heavy atom. The summed E-state index contributed by atoms with van der Waals surface area (Å²) >= 11 is 0. The van der Waals surface area contributed by atoms with Crippen LogP contribution < -0.4 is 29.7 Å². The Morgan fingerprint density at radius 1 is 0.967 bits per heavy atom. The molecule has 1 N–H and O–H groups in total. The Hall–Kier alpha value is -3.22. The van der Waals surface area contributed by atoms with Crippen molar-refractivity contribution in [3.8, 4) is 34.1 Å². The predicted octanol–water partition coefficient (Wildman–Crippen LogP) is 3.18. The highest BCUT2D eigenvalue weighted by Gasteiger charge is 2.29. The zero-order valence-electron chi connectivity index (χ0n) is 18.2. The van der Waals surface area contributed by atoms with E-state index >= 15 is 0 Å². The number of carbonyl (C=O) groups is 1. The maximum atomic E-state index is 12.9. The van der Waals surface area contributed by atoms with Crippen LogP contribution in [0.1, 0.15) is 36.1 Å². The van der Waals surface area contributed by atoms with Gasteiger partial charge in [0.2, 0.25) is 17.1 Å². The fourth-order valence-electron chi connectivity index (χ4n) is 4.16. The van der Waals surface area contributed by atoms with Crippen molar-refractivity contribution in [1.29, 1.82) is 0 Å². The molecular formula is C23H27NO6. The Kier molecular flexibility index (Phi) is 6.20. The zero-order valence-corrected chi connectivity index (χ0v) is 18.2. The molecule has 1 amide bonds. The molecular weight excluding hydrogens is 386 g/mol. The van der Waals surface area contributed by atoms with Crippen LogP contribution in [-0.4, -0.2) is 34.3 Å². The smallest absolute Gasteiger partial charge is 0.220 e. The van der Waals surface area contributed by atoms with Gasteiger partial charge in [0, 0.05) is 12.5 Å². The molecule has 160 valence electrons.